The summed E-state index contributed by atoms with van der Waals surface area (Å²) < 4.78 is 17.6. The summed E-state index contributed by atoms with van der Waals surface area (Å²) in [5.74, 6) is -0.0625. The lowest BCUT2D eigenvalue weighted by Gasteiger charge is -2.29. The molecule has 0 radical (unpaired) electrons. The quantitative estimate of drug-likeness (QED) is 0.301. The van der Waals surface area contributed by atoms with Gasteiger partial charge in [0.1, 0.15) is 23.1 Å². The van der Waals surface area contributed by atoms with E-state index < -0.39 is 11.3 Å². The normalized spacial score (nSPS) is 12.4. The summed E-state index contributed by atoms with van der Waals surface area (Å²) in [5.41, 5.74) is 1.67. The third kappa shape index (κ3) is 5.76. The van der Waals surface area contributed by atoms with E-state index in [0.717, 1.165) is 24.1 Å². The Morgan fingerprint density at radius 3 is 2.68 bits per heavy atom. The van der Waals surface area contributed by atoms with Crippen molar-refractivity contribution < 1.29 is 23.8 Å². The number of benzene rings is 2. The Labute approximate surface area is 220 Å². The van der Waals surface area contributed by atoms with Crippen molar-refractivity contribution in [2.45, 2.75) is 25.8 Å². The standard InChI is InChI=1S/C29H29N3O6/c1-36-14-6-12-31-18-22(15-21(17-30)29(31)35)28(34)24-16-23(37-2)10-11-26(24)38-19-27(33)32-13-5-8-20-7-3-4-9-25(20)32/h3-4,7,9-11,15-16,18H,5-6,8,12-14,19H2,1-2H3. The van der Waals surface area contributed by atoms with Gasteiger partial charge in [-0.15, -0.1) is 0 Å². The molecule has 0 saturated carbocycles. The lowest BCUT2D eigenvalue weighted by Crippen LogP contribution is -2.38. The Morgan fingerprint density at radius 2 is 1.92 bits per heavy atom. The average molecular weight is 516 g/mol. The van der Waals surface area contributed by atoms with Crippen LogP contribution in [0.25, 0.3) is 0 Å². The highest BCUT2D eigenvalue weighted by molar-refractivity contribution is 6.11. The number of pyridine rings is 1. The molecular weight excluding hydrogens is 486 g/mol. The fourth-order valence-corrected chi connectivity index (χ4v) is 4.49. The van der Waals surface area contributed by atoms with E-state index in [4.69, 9.17) is 14.2 Å². The Balaban J connectivity index is 1.61. The van der Waals surface area contributed by atoms with E-state index in [0.29, 0.717) is 25.3 Å². The fourth-order valence-electron chi connectivity index (χ4n) is 4.49. The molecule has 0 bridgehead atoms. The molecule has 1 aliphatic rings. The number of ether oxygens (including phenoxy) is 3. The van der Waals surface area contributed by atoms with Gasteiger partial charge in [0, 0.05) is 44.3 Å². The number of hydrogen-bond acceptors (Lipinski definition) is 7. The van der Waals surface area contributed by atoms with Gasteiger partial charge in [-0.1, -0.05) is 18.2 Å². The van der Waals surface area contributed by atoms with E-state index in [2.05, 4.69) is 0 Å². The first-order valence-corrected chi connectivity index (χ1v) is 12.3. The number of rotatable bonds is 10. The minimum Gasteiger partial charge on any atom is -0.497 e. The number of aromatic nitrogens is 1. The zero-order valence-electron chi connectivity index (χ0n) is 21.4. The van der Waals surface area contributed by atoms with E-state index in [-0.39, 0.29) is 41.5 Å². The number of anilines is 1. The second kappa shape index (κ2) is 12.2. The molecule has 1 aromatic heterocycles. The van der Waals surface area contributed by atoms with Crippen LogP contribution >= 0.6 is 0 Å². The van der Waals surface area contributed by atoms with E-state index in [1.54, 1.807) is 24.1 Å². The van der Waals surface area contributed by atoms with Crippen molar-refractivity contribution in [2.75, 3.05) is 38.9 Å². The molecule has 4 rings (SSSR count). The van der Waals surface area contributed by atoms with Gasteiger partial charge in [-0.2, -0.15) is 5.26 Å². The molecule has 0 saturated heterocycles. The predicted octanol–water partition coefficient (Wildman–Crippen LogP) is 3.35. The molecule has 3 aromatic rings. The van der Waals surface area contributed by atoms with Gasteiger partial charge in [-0.05, 0) is 55.2 Å². The molecule has 0 spiro atoms. The summed E-state index contributed by atoms with van der Waals surface area (Å²) in [4.78, 5) is 41.0. The second-order valence-electron chi connectivity index (χ2n) is 8.86. The van der Waals surface area contributed by atoms with Crippen LogP contribution in [0.3, 0.4) is 0 Å². The number of carbonyl (C=O) groups is 2. The van der Waals surface area contributed by atoms with Gasteiger partial charge in [0.15, 0.2) is 12.4 Å². The number of amides is 1. The fraction of sp³-hybridized carbons (Fsp3) is 0.310. The van der Waals surface area contributed by atoms with E-state index in [1.807, 2.05) is 30.3 Å². The number of fused-ring (bicyclic) bond motifs is 1. The minimum atomic E-state index is -0.477. The highest BCUT2D eigenvalue weighted by atomic mass is 16.5. The zero-order chi connectivity index (χ0) is 27.1. The SMILES string of the molecule is COCCCn1cc(C(=O)c2cc(OC)ccc2OCC(=O)N2CCCc3ccccc32)cc(C#N)c1=O. The molecule has 0 N–H and O–H groups in total. The minimum absolute atomic E-state index is 0.141. The highest BCUT2D eigenvalue weighted by Crippen LogP contribution is 2.29. The number of ketones is 1. The lowest BCUT2D eigenvalue weighted by molar-refractivity contribution is -0.120. The average Bonchev–Trinajstić information content (AvgIpc) is 2.96. The van der Waals surface area contributed by atoms with Crippen molar-refractivity contribution in [3.63, 3.8) is 0 Å². The van der Waals surface area contributed by atoms with Crippen molar-refractivity contribution in [3.05, 3.63) is 87.3 Å². The number of methoxy groups -OCH3 is 2. The smallest absolute Gasteiger partial charge is 0.268 e. The van der Waals surface area contributed by atoms with Crippen molar-refractivity contribution in [3.8, 4) is 17.6 Å². The third-order valence-corrected chi connectivity index (χ3v) is 6.41. The largest absolute Gasteiger partial charge is 0.497 e. The first-order valence-electron chi connectivity index (χ1n) is 12.3. The van der Waals surface area contributed by atoms with Gasteiger partial charge < -0.3 is 23.7 Å². The molecule has 0 atom stereocenters. The lowest BCUT2D eigenvalue weighted by atomic mass is 10.0. The van der Waals surface area contributed by atoms with E-state index in [9.17, 15) is 19.6 Å². The molecule has 9 heteroatoms. The Hall–Kier alpha value is -4.42. The predicted molar refractivity (Wildman–Crippen MR) is 141 cm³/mol. The summed E-state index contributed by atoms with van der Waals surface area (Å²) in [7, 11) is 3.04. The number of aryl methyl sites for hydroxylation is 2. The maximum atomic E-state index is 13.6. The molecule has 196 valence electrons. The van der Waals surface area contributed by atoms with E-state index in [1.165, 1.54) is 30.0 Å². The Bertz CT molecular complexity index is 1440. The van der Waals surface area contributed by atoms with Crippen LogP contribution in [0.5, 0.6) is 11.5 Å². The molecular formula is C29H29N3O6. The van der Waals surface area contributed by atoms with Crippen LogP contribution in [0.15, 0.2) is 59.5 Å². The second-order valence-corrected chi connectivity index (χ2v) is 8.86. The summed E-state index contributed by atoms with van der Waals surface area (Å²) in [6.45, 7) is 1.04. The van der Waals surface area contributed by atoms with Crippen LogP contribution < -0.4 is 19.9 Å². The van der Waals surface area contributed by atoms with Crippen LogP contribution in [-0.4, -0.2) is 50.2 Å². The maximum absolute atomic E-state index is 13.6. The third-order valence-electron chi connectivity index (χ3n) is 6.41. The topological polar surface area (TPSA) is 111 Å². The monoisotopic (exact) mass is 515 g/mol. The summed E-state index contributed by atoms with van der Waals surface area (Å²) in [6, 6.07) is 15.7. The van der Waals surface area contributed by atoms with Gasteiger partial charge in [-0.3, -0.25) is 14.4 Å². The molecule has 9 nitrogen and oxygen atoms in total. The maximum Gasteiger partial charge on any atom is 0.268 e. The molecule has 1 aliphatic heterocycles. The summed E-state index contributed by atoms with van der Waals surface area (Å²) in [6.07, 6.45) is 3.74. The van der Waals surface area contributed by atoms with Crippen molar-refractivity contribution in [1.82, 2.24) is 4.57 Å². The number of nitriles is 1. The van der Waals surface area contributed by atoms with Crippen LogP contribution in [0.2, 0.25) is 0 Å². The summed E-state index contributed by atoms with van der Waals surface area (Å²) in [5, 5.41) is 9.48. The molecule has 2 heterocycles. The van der Waals surface area contributed by atoms with Gasteiger partial charge in [0.05, 0.1) is 12.7 Å². The first-order chi connectivity index (χ1) is 18.5. The highest BCUT2D eigenvalue weighted by Gasteiger charge is 2.24. The number of carbonyl (C=O) groups excluding carboxylic acids is 2. The zero-order valence-corrected chi connectivity index (χ0v) is 21.4. The number of hydrogen-bond donors (Lipinski definition) is 0. The molecule has 1 amide bonds. The molecule has 38 heavy (non-hydrogen) atoms. The molecule has 2 aromatic carbocycles. The van der Waals surface area contributed by atoms with Gasteiger partial charge in [0.2, 0.25) is 0 Å². The molecule has 0 unspecified atom stereocenters. The Kier molecular flexibility index (Phi) is 8.56. The van der Waals surface area contributed by atoms with Crippen LogP contribution in [0.4, 0.5) is 5.69 Å². The van der Waals surface area contributed by atoms with Crippen molar-refractivity contribution >= 4 is 17.4 Å². The van der Waals surface area contributed by atoms with Crippen molar-refractivity contribution in [1.29, 1.82) is 5.26 Å². The van der Waals surface area contributed by atoms with Crippen LogP contribution in [0, 0.1) is 11.3 Å². The first kappa shape index (κ1) is 26.6. The number of nitrogens with zero attached hydrogens (tertiary/aromatic N) is 3. The number of para-hydroxylation sites is 1. The summed E-state index contributed by atoms with van der Waals surface area (Å²) >= 11 is 0. The van der Waals surface area contributed by atoms with E-state index >= 15 is 0 Å². The van der Waals surface area contributed by atoms with Crippen LogP contribution in [0.1, 0.15) is 39.9 Å². The van der Waals surface area contributed by atoms with Gasteiger partial charge in [0.25, 0.3) is 11.5 Å². The molecule has 0 aliphatic carbocycles. The van der Waals surface area contributed by atoms with Gasteiger partial charge in [-0.25, -0.2) is 0 Å². The van der Waals surface area contributed by atoms with Crippen molar-refractivity contribution in [2.24, 2.45) is 0 Å². The van der Waals surface area contributed by atoms with Gasteiger partial charge >= 0.3 is 0 Å². The van der Waals surface area contributed by atoms with Crippen LogP contribution in [-0.2, 0) is 22.5 Å². The molecule has 0 fully saturated rings. The Morgan fingerprint density at radius 1 is 1.11 bits per heavy atom.